The highest BCUT2D eigenvalue weighted by molar-refractivity contribution is 6.08. The first-order valence-corrected chi connectivity index (χ1v) is 13.6. The van der Waals surface area contributed by atoms with Crippen LogP contribution in [0.3, 0.4) is 0 Å². The maximum atomic E-state index is 14.0. The maximum absolute atomic E-state index is 14.0. The first-order valence-electron chi connectivity index (χ1n) is 13.6. The van der Waals surface area contributed by atoms with Crippen molar-refractivity contribution in [1.29, 1.82) is 0 Å². The molecule has 10 nitrogen and oxygen atoms in total. The fourth-order valence-corrected chi connectivity index (χ4v) is 6.97. The van der Waals surface area contributed by atoms with E-state index in [1.165, 1.54) is 13.8 Å². The van der Waals surface area contributed by atoms with Crippen molar-refractivity contribution < 1.29 is 34.8 Å². The first-order chi connectivity index (χ1) is 18.4. The van der Waals surface area contributed by atoms with Gasteiger partial charge in [0, 0.05) is 57.4 Å². The predicted molar refractivity (Wildman–Crippen MR) is 150 cm³/mol. The number of ketones is 1. The molecule has 1 aromatic carbocycles. The number of hydrogen-bond acceptors (Lipinski definition) is 8. The Labute approximate surface area is 234 Å². The fourth-order valence-electron chi connectivity index (χ4n) is 6.97. The first kappa shape index (κ1) is 29.5. The van der Waals surface area contributed by atoms with Gasteiger partial charge in [0.05, 0.1) is 17.1 Å². The Morgan fingerprint density at radius 2 is 1.77 bits per heavy atom. The molecular weight excluding hydrogens is 514 g/mol. The molecular formula is C30H41N3O7. The number of fused-ring (bicyclic) bond motifs is 3. The van der Waals surface area contributed by atoms with Gasteiger partial charge in [-0.1, -0.05) is 20.8 Å². The molecule has 0 heterocycles. The highest BCUT2D eigenvalue weighted by Gasteiger charge is 2.57. The molecule has 218 valence electrons. The molecule has 0 spiro atoms. The second-order valence-electron chi connectivity index (χ2n) is 13.1. The number of aliphatic hydroxyl groups is 3. The summed E-state index contributed by atoms with van der Waals surface area (Å²) in [5, 5.41) is 45.0. The lowest BCUT2D eigenvalue weighted by Gasteiger charge is -2.48. The normalized spacial score (nSPS) is 26.2. The van der Waals surface area contributed by atoms with Crippen LogP contribution in [0, 0.1) is 23.2 Å². The summed E-state index contributed by atoms with van der Waals surface area (Å²) in [6.07, 6.45) is 0.737. The van der Waals surface area contributed by atoms with E-state index < -0.39 is 35.0 Å². The number of phenols is 1. The standard InChI is InChI=1S/C30H41N3O7/c1-14(34)33(13-29(2,3)4)12-17-10-19(32(6)7)18-9-15-8-16-11-20(35)24(28(31)39)30(5,40)23(16)27(38)21(15)26(37)22(18)25(17)36/h10,15-16,23,35-37,40H,8-9,11-13H2,1-7H3,(H2,31,39). The van der Waals surface area contributed by atoms with Gasteiger partial charge >= 0.3 is 0 Å². The van der Waals surface area contributed by atoms with E-state index >= 15 is 0 Å². The van der Waals surface area contributed by atoms with Crippen LogP contribution in [0.2, 0.25) is 0 Å². The largest absolute Gasteiger partial charge is 0.512 e. The van der Waals surface area contributed by atoms with Gasteiger partial charge in [-0.25, -0.2) is 0 Å². The van der Waals surface area contributed by atoms with Crippen LogP contribution in [0.5, 0.6) is 5.75 Å². The molecule has 40 heavy (non-hydrogen) atoms. The monoisotopic (exact) mass is 555 g/mol. The fraction of sp³-hybridized carbons (Fsp3) is 0.567. The molecule has 0 aliphatic heterocycles. The lowest BCUT2D eigenvalue weighted by Crippen LogP contribution is -2.55. The van der Waals surface area contributed by atoms with Gasteiger partial charge in [0.25, 0.3) is 5.91 Å². The summed E-state index contributed by atoms with van der Waals surface area (Å²) < 4.78 is 0. The van der Waals surface area contributed by atoms with Gasteiger partial charge in [0.15, 0.2) is 5.78 Å². The Balaban J connectivity index is 1.86. The van der Waals surface area contributed by atoms with Crippen molar-refractivity contribution in [3.8, 4) is 5.75 Å². The summed E-state index contributed by atoms with van der Waals surface area (Å²) >= 11 is 0. The quantitative estimate of drug-likeness (QED) is 0.370. The maximum Gasteiger partial charge on any atom is 0.250 e. The average Bonchev–Trinajstić information content (AvgIpc) is 2.77. The SMILES string of the molecule is CC(=O)N(Cc1cc(N(C)C)c2c(c1O)C(O)=C1C(=O)C3C(CC(O)=C(C(N)=O)C3(C)O)CC1C2)CC(C)(C)C. The topological polar surface area (TPSA) is 165 Å². The van der Waals surface area contributed by atoms with Gasteiger partial charge in [-0.05, 0) is 48.6 Å². The van der Waals surface area contributed by atoms with Crippen LogP contribution >= 0.6 is 0 Å². The Bertz CT molecular complexity index is 1350. The van der Waals surface area contributed by atoms with Crippen molar-refractivity contribution in [2.45, 2.75) is 66.0 Å². The summed E-state index contributed by atoms with van der Waals surface area (Å²) in [6.45, 7) is 9.35. The molecule has 10 heteroatoms. The second kappa shape index (κ2) is 9.83. The third-order valence-corrected chi connectivity index (χ3v) is 8.48. The van der Waals surface area contributed by atoms with Gasteiger partial charge in [-0.3, -0.25) is 14.4 Å². The number of amides is 2. The number of phenolic OH excluding ortho intramolecular Hbond substituents is 1. The van der Waals surface area contributed by atoms with E-state index in [9.17, 15) is 34.8 Å². The molecule has 0 radical (unpaired) electrons. The molecule has 0 saturated heterocycles. The van der Waals surface area contributed by atoms with E-state index in [1.807, 2.05) is 45.8 Å². The number of hydrogen-bond donors (Lipinski definition) is 5. The summed E-state index contributed by atoms with van der Waals surface area (Å²) in [7, 11) is 3.69. The van der Waals surface area contributed by atoms with Crippen molar-refractivity contribution >= 4 is 29.0 Å². The highest BCUT2D eigenvalue weighted by Crippen LogP contribution is 2.54. The van der Waals surface area contributed by atoms with Gasteiger partial charge in [-0.2, -0.15) is 0 Å². The van der Waals surface area contributed by atoms with Gasteiger partial charge in [-0.15, -0.1) is 0 Å². The summed E-state index contributed by atoms with van der Waals surface area (Å²) in [5.74, 6) is -4.57. The number of nitrogens with two attached hydrogens (primary N) is 1. The Kier molecular flexibility index (Phi) is 7.24. The van der Waals surface area contributed by atoms with Crippen molar-refractivity contribution in [3.05, 3.63) is 39.7 Å². The van der Waals surface area contributed by atoms with Crippen LogP contribution in [0.25, 0.3) is 5.76 Å². The van der Waals surface area contributed by atoms with Crippen LogP contribution in [0.4, 0.5) is 5.69 Å². The summed E-state index contributed by atoms with van der Waals surface area (Å²) in [5.41, 5.74) is 4.93. The summed E-state index contributed by atoms with van der Waals surface area (Å²) in [4.78, 5) is 42.0. The number of Topliss-reactive ketones (excluding diaryl/α,β-unsaturated/α-hetero) is 1. The molecule has 4 atom stereocenters. The summed E-state index contributed by atoms with van der Waals surface area (Å²) in [6, 6.07) is 1.82. The molecule has 0 aromatic heterocycles. The number of primary amides is 1. The third-order valence-electron chi connectivity index (χ3n) is 8.48. The van der Waals surface area contributed by atoms with Crippen LogP contribution in [-0.4, -0.2) is 69.2 Å². The number of carbonyl (C=O) groups is 3. The number of anilines is 1. The molecule has 0 bridgehead atoms. The molecule has 6 N–H and O–H groups in total. The smallest absolute Gasteiger partial charge is 0.250 e. The van der Waals surface area contributed by atoms with Crippen LogP contribution in [0.15, 0.2) is 23.0 Å². The van der Waals surface area contributed by atoms with E-state index in [1.54, 1.807) is 4.90 Å². The molecule has 4 rings (SSSR count). The number of nitrogens with zero attached hydrogens (tertiary/aromatic N) is 2. The predicted octanol–water partition coefficient (Wildman–Crippen LogP) is 2.95. The number of allylic oxidation sites excluding steroid dienone is 2. The van der Waals surface area contributed by atoms with Gasteiger partial charge in [0.1, 0.15) is 22.9 Å². The zero-order valence-corrected chi connectivity index (χ0v) is 24.3. The minimum absolute atomic E-state index is 0.0155. The van der Waals surface area contributed by atoms with Crippen molar-refractivity contribution in [3.63, 3.8) is 0 Å². The second-order valence-corrected chi connectivity index (χ2v) is 13.1. The number of aromatic hydroxyl groups is 1. The number of rotatable bonds is 5. The zero-order valence-electron chi connectivity index (χ0n) is 24.3. The van der Waals surface area contributed by atoms with Crippen LogP contribution < -0.4 is 10.6 Å². The van der Waals surface area contributed by atoms with Crippen LogP contribution in [0.1, 0.15) is 64.2 Å². The molecule has 4 unspecified atom stereocenters. The lowest BCUT2D eigenvalue weighted by atomic mass is 9.57. The molecule has 2 amide bonds. The Hall–Kier alpha value is -3.53. The zero-order chi connectivity index (χ0) is 30.1. The van der Waals surface area contributed by atoms with Crippen molar-refractivity contribution in [2.75, 3.05) is 25.5 Å². The lowest BCUT2D eigenvalue weighted by molar-refractivity contribution is -0.136. The minimum Gasteiger partial charge on any atom is -0.512 e. The minimum atomic E-state index is -2.03. The number of benzene rings is 1. The van der Waals surface area contributed by atoms with Crippen molar-refractivity contribution in [1.82, 2.24) is 4.90 Å². The Morgan fingerprint density at radius 3 is 2.30 bits per heavy atom. The molecule has 1 fully saturated rings. The van der Waals surface area contributed by atoms with E-state index in [0.29, 0.717) is 30.5 Å². The molecule has 3 aliphatic rings. The Morgan fingerprint density at radius 1 is 1.15 bits per heavy atom. The molecule has 1 aromatic rings. The van der Waals surface area contributed by atoms with Gasteiger partial charge < -0.3 is 36.0 Å². The molecule has 3 aliphatic carbocycles. The number of aliphatic hydroxyl groups excluding tert-OH is 2. The van der Waals surface area contributed by atoms with Gasteiger partial charge in [0.2, 0.25) is 5.91 Å². The van der Waals surface area contributed by atoms with E-state index in [-0.39, 0.29) is 58.3 Å². The average molecular weight is 556 g/mol. The highest BCUT2D eigenvalue weighted by atomic mass is 16.3. The molecule has 1 saturated carbocycles. The van der Waals surface area contributed by atoms with E-state index in [0.717, 1.165) is 5.69 Å². The van der Waals surface area contributed by atoms with E-state index in [2.05, 4.69) is 0 Å². The van der Waals surface area contributed by atoms with E-state index in [4.69, 9.17) is 5.73 Å². The van der Waals surface area contributed by atoms with Crippen molar-refractivity contribution in [2.24, 2.45) is 28.9 Å². The van der Waals surface area contributed by atoms with Crippen LogP contribution in [-0.2, 0) is 27.3 Å². The number of carbonyl (C=O) groups excluding carboxylic acids is 3. The third kappa shape index (κ3) is 4.82.